The maximum absolute atomic E-state index is 11.1. The van der Waals surface area contributed by atoms with Gasteiger partial charge in [-0.05, 0) is 13.3 Å². The third-order valence-corrected chi connectivity index (χ3v) is 2.79. The van der Waals surface area contributed by atoms with Gasteiger partial charge in [0.15, 0.2) is 0 Å². The van der Waals surface area contributed by atoms with Crippen LogP contribution in [0.4, 0.5) is 0 Å². The van der Waals surface area contributed by atoms with Crippen molar-refractivity contribution >= 4 is 18.6 Å². The molecule has 0 saturated heterocycles. The van der Waals surface area contributed by atoms with E-state index in [1.165, 1.54) is 44.9 Å². The van der Waals surface area contributed by atoms with Crippen LogP contribution in [0.25, 0.3) is 0 Å². The van der Waals surface area contributed by atoms with Crippen molar-refractivity contribution in [2.75, 3.05) is 6.61 Å². The van der Waals surface area contributed by atoms with Gasteiger partial charge >= 0.3 is 5.97 Å². The molecule has 0 aliphatic rings. The van der Waals surface area contributed by atoms with Crippen LogP contribution in [0.1, 0.15) is 65.2 Å². The zero-order valence-electron chi connectivity index (χ0n) is 10.7. The summed E-state index contributed by atoms with van der Waals surface area (Å²) in [6.07, 6.45) is 10.1. The van der Waals surface area contributed by atoms with Crippen molar-refractivity contribution in [1.29, 1.82) is 0 Å². The number of thiol groups is 1. The molecule has 0 spiro atoms. The Morgan fingerprint density at radius 2 is 1.56 bits per heavy atom. The van der Waals surface area contributed by atoms with E-state index < -0.39 is 0 Å². The lowest BCUT2D eigenvalue weighted by molar-refractivity contribution is -0.142. The Balaban J connectivity index is 3.07. The molecular weight excluding hydrogens is 220 g/mol. The summed E-state index contributed by atoms with van der Waals surface area (Å²) in [4.78, 5) is 11.1. The molecule has 0 saturated carbocycles. The zero-order chi connectivity index (χ0) is 12.2. The van der Waals surface area contributed by atoms with E-state index in [9.17, 15) is 4.79 Å². The molecule has 16 heavy (non-hydrogen) atoms. The van der Waals surface area contributed by atoms with E-state index in [0.29, 0.717) is 6.61 Å². The van der Waals surface area contributed by atoms with Crippen LogP contribution in [0.2, 0.25) is 0 Å². The van der Waals surface area contributed by atoms with Crippen molar-refractivity contribution in [3.05, 3.63) is 0 Å². The van der Waals surface area contributed by atoms with E-state index in [4.69, 9.17) is 4.74 Å². The summed E-state index contributed by atoms with van der Waals surface area (Å²) in [6.45, 7) is 4.52. The predicted molar refractivity (Wildman–Crippen MR) is 72.0 cm³/mol. The normalized spacial score (nSPS) is 12.4. The molecule has 0 bridgehead atoms. The molecule has 2 nitrogen and oxygen atoms in total. The molecule has 3 heteroatoms. The Bertz CT molecular complexity index is 169. The van der Waals surface area contributed by atoms with Crippen LogP contribution >= 0.6 is 12.6 Å². The fourth-order valence-electron chi connectivity index (χ4n) is 1.53. The molecule has 0 aromatic heterocycles. The average molecular weight is 246 g/mol. The number of rotatable bonds is 10. The summed E-state index contributed by atoms with van der Waals surface area (Å²) in [6, 6.07) is 0. The van der Waals surface area contributed by atoms with Crippen LogP contribution in [0.3, 0.4) is 0 Å². The minimum Gasteiger partial charge on any atom is -0.465 e. The molecule has 0 aromatic rings. The molecule has 0 radical (unpaired) electrons. The minimum atomic E-state index is -0.297. The summed E-state index contributed by atoms with van der Waals surface area (Å²) in [5.41, 5.74) is 0. The molecule has 0 amide bonds. The van der Waals surface area contributed by atoms with E-state index in [1.807, 2.05) is 0 Å². The van der Waals surface area contributed by atoms with Gasteiger partial charge in [0, 0.05) is 0 Å². The number of unbranched alkanes of at least 4 members (excludes halogenated alkanes) is 7. The second kappa shape index (κ2) is 11.3. The second-order valence-corrected chi connectivity index (χ2v) is 5.09. The van der Waals surface area contributed by atoms with E-state index in [2.05, 4.69) is 19.6 Å². The monoisotopic (exact) mass is 246 g/mol. The van der Waals surface area contributed by atoms with Gasteiger partial charge in [-0.3, -0.25) is 4.79 Å². The van der Waals surface area contributed by atoms with Gasteiger partial charge in [0.25, 0.3) is 0 Å². The number of hydrogen-bond donors (Lipinski definition) is 1. The molecule has 0 aliphatic carbocycles. The van der Waals surface area contributed by atoms with Crippen molar-refractivity contribution in [2.45, 2.75) is 70.5 Å². The Morgan fingerprint density at radius 3 is 2.06 bits per heavy atom. The Labute approximate surface area is 106 Å². The van der Waals surface area contributed by atoms with Crippen molar-refractivity contribution in [3.8, 4) is 0 Å². The van der Waals surface area contributed by atoms with E-state index in [1.54, 1.807) is 6.92 Å². The largest absolute Gasteiger partial charge is 0.465 e. The molecule has 96 valence electrons. The van der Waals surface area contributed by atoms with E-state index >= 15 is 0 Å². The number of carbonyl (C=O) groups excluding carboxylic acids is 1. The molecule has 1 atom stereocenters. The number of esters is 1. The molecule has 1 unspecified atom stereocenters. The first-order chi connectivity index (χ1) is 7.68. The van der Waals surface area contributed by atoms with Crippen molar-refractivity contribution in [3.63, 3.8) is 0 Å². The molecule has 0 heterocycles. The van der Waals surface area contributed by atoms with Crippen molar-refractivity contribution in [1.82, 2.24) is 0 Å². The summed E-state index contributed by atoms with van der Waals surface area (Å²) in [5, 5.41) is -0.297. The number of carbonyl (C=O) groups is 1. The molecular formula is C13H26O2S. The smallest absolute Gasteiger partial charge is 0.318 e. The Hall–Kier alpha value is -0.180. The molecule has 0 aliphatic heterocycles. The van der Waals surface area contributed by atoms with Crippen molar-refractivity contribution in [2.24, 2.45) is 0 Å². The van der Waals surface area contributed by atoms with Crippen LogP contribution < -0.4 is 0 Å². The van der Waals surface area contributed by atoms with E-state index in [-0.39, 0.29) is 11.2 Å². The maximum Gasteiger partial charge on any atom is 0.318 e. The highest BCUT2D eigenvalue weighted by molar-refractivity contribution is 7.81. The minimum absolute atomic E-state index is 0.203. The Morgan fingerprint density at radius 1 is 1.06 bits per heavy atom. The molecule has 0 N–H and O–H groups in total. The number of hydrogen-bond acceptors (Lipinski definition) is 3. The van der Waals surface area contributed by atoms with Crippen LogP contribution in [-0.4, -0.2) is 17.8 Å². The summed E-state index contributed by atoms with van der Waals surface area (Å²) in [5.74, 6) is -0.203. The standard InChI is InChI=1S/C13H26O2S/c1-3-4-5-6-7-8-9-10-11-15-13(14)12(2)16/h12,16H,3-11H2,1-2H3. The molecule has 0 rings (SSSR count). The first-order valence-electron chi connectivity index (χ1n) is 6.53. The van der Waals surface area contributed by atoms with Gasteiger partial charge in [-0.15, -0.1) is 0 Å². The topological polar surface area (TPSA) is 26.3 Å². The van der Waals surface area contributed by atoms with Gasteiger partial charge < -0.3 is 4.74 Å². The van der Waals surface area contributed by atoms with Crippen LogP contribution in [0, 0.1) is 0 Å². The lowest BCUT2D eigenvalue weighted by atomic mass is 10.1. The van der Waals surface area contributed by atoms with Gasteiger partial charge in [0.1, 0.15) is 0 Å². The highest BCUT2D eigenvalue weighted by atomic mass is 32.1. The lowest BCUT2D eigenvalue weighted by Gasteiger charge is -2.06. The third-order valence-electron chi connectivity index (χ3n) is 2.58. The van der Waals surface area contributed by atoms with Crippen LogP contribution in [0.15, 0.2) is 0 Å². The van der Waals surface area contributed by atoms with Crippen LogP contribution in [-0.2, 0) is 9.53 Å². The highest BCUT2D eigenvalue weighted by Crippen LogP contribution is 2.08. The quantitative estimate of drug-likeness (QED) is 0.358. The Kier molecular flexibility index (Phi) is 11.2. The SMILES string of the molecule is CCCCCCCCCCOC(=O)C(C)S. The first kappa shape index (κ1) is 15.8. The van der Waals surface area contributed by atoms with Crippen LogP contribution in [0.5, 0.6) is 0 Å². The van der Waals surface area contributed by atoms with Gasteiger partial charge in [0.05, 0.1) is 11.9 Å². The first-order valence-corrected chi connectivity index (χ1v) is 7.04. The predicted octanol–water partition coefficient (Wildman–Crippen LogP) is 3.99. The highest BCUT2D eigenvalue weighted by Gasteiger charge is 2.07. The van der Waals surface area contributed by atoms with Gasteiger partial charge in [-0.1, -0.05) is 51.9 Å². The maximum atomic E-state index is 11.1. The fraction of sp³-hybridized carbons (Fsp3) is 0.923. The fourth-order valence-corrected chi connectivity index (χ4v) is 1.60. The summed E-state index contributed by atoms with van der Waals surface area (Å²) in [7, 11) is 0. The summed E-state index contributed by atoms with van der Waals surface area (Å²) >= 11 is 4.01. The van der Waals surface area contributed by atoms with Gasteiger partial charge in [-0.2, -0.15) is 12.6 Å². The number of ether oxygens (including phenoxy) is 1. The van der Waals surface area contributed by atoms with Crippen molar-refractivity contribution < 1.29 is 9.53 Å². The van der Waals surface area contributed by atoms with E-state index in [0.717, 1.165) is 6.42 Å². The molecule has 0 aromatic carbocycles. The molecule has 0 fully saturated rings. The average Bonchev–Trinajstić information content (AvgIpc) is 2.26. The second-order valence-electron chi connectivity index (χ2n) is 4.32. The third kappa shape index (κ3) is 10.3. The zero-order valence-corrected chi connectivity index (χ0v) is 11.6. The van der Waals surface area contributed by atoms with Gasteiger partial charge in [-0.25, -0.2) is 0 Å². The summed E-state index contributed by atoms with van der Waals surface area (Å²) < 4.78 is 5.03. The van der Waals surface area contributed by atoms with Gasteiger partial charge in [0.2, 0.25) is 0 Å². The lowest BCUT2D eigenvalue weighted by Crippen LogP contribution is -2.15.